The van der Waals surface area contributed by atoms with Gasteiger partial charge >= 0.3 is 0 Å². The Kier molecular flexibility index (Phi) is 5.17. The van der Waals surface area contributed by atoms with E-state index in [2.05, 4.69) is 47.6 Å². The Morgan fingerprint density at radius 1 is 1.14 bits per heavy atom. The van der Waals surface area contributed by atoms with Crippen molar-refractivity contribution in [2.45, 2.75) is 98.5 Å². The smallest absolute Gasteiger partial charge is 0.0653 e. The lowest BCUT2D eigenvalue weighted by atomic mass is 9.45. The van der Waals surface area contributed by atoms with Gasteiger partial charge in [-0.25, -0.2) is 0 Å². The van der Waals surface area contributed by atoms with Crippen molar-refractivity contribution >= 4 is 0 Å². The molecule has 0 aromatic carbocycles. The van der Waals surface area contributed by atoms with E-state index in [0.717, 1.165) is 31.6 Å². The van der Waals surface area contributed by atoms with Gasteiger partial charge in [-0.15, -0.1) is 0 Å². The summed E-state index contributed by atoms with van der Waals surface area (Å²) < 4.78 is 0. The van der Waals surface area contributed by atoms with Crippen LogP contribution in [-0.2, 0) is 0 Å². The molecule has 0 aliphatic heterocycles. The molecule has 4 unspecified atom stereocenters. The van der Waals surface area contributed by atoms with Crippen LogP contribution in [0.5, 0.6) is 0 Å². The lowest BCUT2D eigenvalue weighted by Gasteiger charge is -2.61. The zero-order valence-corrected chi connectivity index (χ0v) is 15.8. The average Bonchev–Trinajstić information content (AvgIpc) is 2.36. The second-order valence-electron chi connectivity index (χ2n) is 9.35. The van der Waals surface area contributed by atoms with Crippen molar-refractivity contribution in [3.05, 3.63) is 11.6 Å². The molecule has 4 atom stereocenters. The molecule has 0 radical (unpaired) electrons. The first-order chi connectivity index (χ1) is 10.1. The summed E-state index contributed by atoms with van der Waals surface area (Å²) in [6.45, 7) is 14.0. The van der Waals surface area contributed by atoms with Crippen LogP contribution in [0.2, 0.25) is 0 Å². The maximum absolute atomic E-state index is 11.1. The van der Waals surface area contributed by atoms with Crippen LogP contribution in [-0.4, -0.2) is 10.7 Å². The Labute approximate surface area is 138 Å². The molecule has 0 saturated heterocycles. The quantitative estimate of drug-likeness (QED) is 0.621. The molecule has 2 rings (SSSR count). The van der Waals surface area contributed by atoms with Gasteiger partial charge in [0, 0.05) is 0 Å². The molecule has 0 spiro atoms. The highest BCUT2D eigenvalue weighted by molar-refractivity contribution is 5.09. The number of allylic oxidation sites excluding steroid dienone is 2. The fraction of sp³-hybridized carbons (Fsp3) is 0.905. The van der Waals surface area contributed by atoms with Gasteiger partial charge in [0.25, 0.3) is 0 Å². The van der Waals surface area contributed by atoms with E-state index in [1.54, 1.807) is 0 Å². The second kappa shape index (κ2) is 6.30. The predicted molar refractivity (Wildman–Crippen MR) is 95.9 cm³/mol. The average molecular weight is 307 g/mol. The molecular formula is C21H38O. The third-order valence-electron chi connectivity index (χ3n) is 7.14. The van der Waals surface area contributed by atoms with Gasteiger partial charge in [-0.2, -0.15) is 0 Å². The van der Waals surface area contributed by atoms with Crippen LogP contribution in [0.4, 0.5) is 0 Å². The van der Waals surface area contributed by atoms with Gasteiger partial charge in [-0.3, -0.25) is 0 Å². The summed E-state index contributed by atoms with van der Waals surface area (Å²) >= 11 is 0. The summed E-state index contributed by atoms with van der Waals surface area (Å²) in [5.41, 5.74) is 1.77. The Morgan fingerprint density at radius 2 is 1.82 bits per heavy atom. The summed E-state index contributed by atoms with van der Waals surface area (Å²) in [5, 5.41) is 11.1. The monoisotopic (exact) mass is 306 g/mol. The molecule has 2 saturated carbocycles. The van der Waals surface area contributed by atoms with Crippen LogP contribution in [0.15, 0.2) is 11.6 Å². The van der Waals surface area contributed by atoms with Crippen LogP contribution in [0, 0.1) is 22.7 Å². The van der Waals surface area contributed by atoms with Crippen LogP contribution in [0.25, 0.3) is 0 Å². The number of aliphatic hydroxyl groups is 1. The molecule has 2 aliphatic rings. The van der Waals surface area contributed by atoms with Crippen molar-refractivity contribution in [2.75, 3.05) is 0 Å². The first-order valence-electron chi connectivity index (χ1n) is 9.51. The van der Waals surface area contributed by atoms with E-state index in [-0.39, 0.29) is 0 Å². The maximum atomic E-state index is 11.1. The summed E-state index contributed by atoms with van der Waals surface area (Å²) in [4.78, 5) is 0. The van der Waals surface area contributed by atoms with E-state index in [0.29, 0.717) is 16.7 Å². The molecule has 2 fully saturated rings. The Balaban J connectivity index is 2.24. The van der Waals surface area contributed by atoms with Crippen molar-refractivity contribution < 1.29 is 5.11 Å². The third kappa shape index (κ3) is 3.30. The van der Waals surface area contributed by atoms with Crippen molar-refractivity contribution in [2.24, 2.45) is 22.7 Å². The molecule has 1 N–H and O–H groups in total. The second-order valence-corrected chi connectivity index (χ2v) is 9.35. The standard InChI is InChI=1S/C21H38O/c1-7-9-16(2)10-11-18-20(5)14-8-13-19(3,4)17(20)12-15-21(18,6)22/h9,17-18,22H,7-8,10-15H2,1-6H3/b16-9+. The summed E-state index contributed by atoms with van der Waals surface area (Å²) in [5.74, 6) is 1.22. The Bertz CT molecular complexity index is 418. The van der Waals surface area contributed by atoms with Crippen molar-refractivity contribution in [1.29, 1.82) is 0 Å². The molecule has 2 aliphatic carbocycles. The van der Waals surface area contributed by atoms with E-state index < -0.39 is 5.60 Å². The minimum Gasteiger partial charge on any atom is -0.390 e. The number of hydrogen-bond donors (Lipinski definition) is 1. The number of fused-ring (bicyclic) bond motifs is 1. The molecule has 0 aromatic rings. The molecule has 1 nitrogen and oxygen atoms in total. The van der Waals surface area contributed by atoms with Crippen LogP contribution >= 0.6 is 0 Å². The van der Waals surface area contributed by atoms with E-state index in [1.165, 1.54) is 31.3 Å². The highest BCUT2D eigenvalue weighted by atomic mass is 16.3. The SMILES string of the molecule is CC/C=C(\C)CCC1C(C)(O)CCC2C(C)(C)CCCC21C. The molecule has 0 heterocycles. The molecule has 0 amide bonds. The van der Waals surface area contributed by atoms with Gasteiger partial charge in [0.1, 0.15) is 0 Å². The molecule has 0 aromatic heterocycles. The zero-order chi connectivity index (χ0) is 16.6. The zero-order valence-electron chi connectivity index (χ0n) is 15.8. The van der Waals surface area contributed by atoms with Gasteiger partial charge in [-0.05, 0) is 81.5 Å². The fourth-order valence-electron chi connectivity index (χ4n) is 6.09. The highest BCUT2D eigenvalue weighted by Gasteiger charge is 2.57. The van der Waals surface area contributed by atoms with Crippen molar-refractivity contribution in [1.82, 2.24) is 0 Å². The number of hydrogen-bond acceptors (Lipinski definition) is 1. The number of rotatable bonds is 4. The van der Waals surface area contributed by atoms with E-state index in [9.17, 15) is 5.11 Å². The minimum atomic E-state index is -0.481. The molecule has 1 heteroatoms. The normalized spacial score (nSPS) is 42.0. The molecule has 22 heavy (non-hydrogen) atoms. The topological polar surface area (TPSA) is 20.2 Å². The van der Waals surface area contributed by atoms with Crippen molar-refractivity contribution in [3.8, 4) is 0 Å². The van der Waals surface area contributed by atoms with Crippen molar-refractivity contribution in [3.63, 3.8) is 0 Å². The first-order valence-corrected chi connectivity index (χ1v) is 9.51. The van der Waals surface area contributed by atoms with Gasteiger partial charge in [-0.1, -0.05) is 45.8 Å². The van der Waals surface area contributed by atoms with E-state index in [4.69, 9.17) is 0 Å². The summed E-state index contributed by atoms with van der Waals surface area (Å²) in [7, 11) is 0. The fourth-order valence-corrected chi connectivity index (χ4v) is 6.09. The Hall–Kier alpha value is -0.300. The van der Waals surface area contributed by atoms with Gasteiger partial charge in [0.05, 0.1) is 5.60 Å². The van der Waals surface area contributed by atoms with Gasteiger partial charge in [0.2, 0.25) is 0 Å². The van der Waals surface area contributed by atoms with Crippen LogP contribution < -0.4 is 0 Å². The summed E-state index contributed by atoms with van der Waals surface area (Å²) in [6, 6.07) is 0. The molecule has 128 valence electrons. The van der Waals surface area contributed by atoms with Crippen LogP contribution in [0.3, 0.4) is 0 Å². The van der Waals surface area contributed by atoms with Gasteiger partial charge < -0.3 is 5.11 Å². The Morgan fingerprint density at radius 3 is 2.45 bits per heavy atom. The maximum Gasteiger partial charge on any atom is 0.0653 e. The van der Waals surface area contributed by atoms with E-state index >= 15 is 0 Å². The lowest BCUT2D eigenvalue weighted by molar-refractivity contribution is -0.168. The largest absolute Gasteiger partial charge is 0.390 e. The van der Waals surface area contributed by atoms with Gasteiger partial charge in [0.15, 0.2) is 0 Å². The third-order valence-corrected chi connectivity index (χ3v) is 7.14. The molecular weight excluding hydrogens is 268 g/mol. The predicted octanol–water partition coefficient (Wildman–Crippen LogP) is 6.12. The highest BCUT2D eigenvalue weighted by Crippen LogP contribution is 2.62. The molecule has 0 bridgehead atoms. The summed E-state index contributed by atoms with van der Waals surface area (Å²) in [6.07, 6.45) is 12.0. The van der Waals surface area contributed by atoms with Crippen LogP contribution in [0.1, 0.15) is 92.9 Å². The first kappa shape index (κ1) is 18.0. The minimum absolute atomic E-state index is 0.315. The van der Waals surface area contributed by atoms with E-state index in [1.807, 2.05) is 0 Å². The lowest BCUT2D eigenvalue weighted by Crippen LogP contribution is -2.57.